The van der Waals surface area contributed by atoms with Crippen LogP contribution in [0.15, 0.2) is 36.9 Å². The molecule has 0 radical (unpaired) electrons. The van der Waals surface area contributed by atoms with E-state index in [2.05, 4.69) is 6.58 Å². The molecule has 2 atom stereocenters. The van der Waals surface area contributed by atoms with E-state index < -0.39 is 98.3 Å². The Morgan fingerprint density at radius 1 is 0.667 bits per heavy atom. The minimum atomic E-state index is -8.67. The first-order valence-corrected chi connectivity index (χ1v) is 16.9. The number of benzene rings is 1. The Labute approximate surface area is 282 Å². The van der Waals surface area contributed by atoms with Gasteiger partial charge in [-0.1, -0.05) is 45.9 Å². The molecule has 1 aromatic rings. The van der Waals surface area contributed by atoms with Crippen molar-refractivity contribution in [3.05, 3.63) is 42.5 Å². The SMILES string of the molecule is C=C[C@H](OC)[C@@H](O)c1ccc(OCCO[Si](CCC(F)(F)C(F)(F)C(F)(F)C(F)(F)C(F)(F)C(F)(F)C(F)(F)C(F)(F)F)(C(C)C)C(C)C)cc1. The fourth-order valence-corrected chi connectivity index (χ4v) is 9.52. The minimum absolute atomic E-state index is 0.174. The van der Waals surface area contributed by atoms with Gasteiger partial charge in [-0.15, -0.1) is 6.58 Å². The van der Waals surface area contributed by atoms with Crippen LogP contribution in [0.3, 0.4) is 0 Å². The normalized spacial score (nSPS) is 16.1. The summed E-state index contributed by atoms with van der Waals surface area (Å²) in [4.78, 5) is 0. The number of hydrogen-bond donors (Lipinski definition) is 1. The minimum Gasteiger partial charge on any atom is -0.491 e. The molecule has 0 aromatic heterocycles. The summed E-state index contributed by atoms with van der Waals surface area (Å²) in [6.07, 6.45) is -10.9. The van der Waals surface area contributed by atoms with Gasteiger partial charge in [0.05, 0.1) is 6.61 Å². The molecule has 22 heteroatoms. The van der Waals surface area contributed by atoms with E-state index in [0.717, 1.165) is 0 Å². The molecular formula is C29H35F17O4Si. The highest BCUT2D eigenvalue weighted by atomic mass is 28.4. The predicted molar refractivity (Wildman–Crippen MR) is 150 cm³/mol. The lowest BCUT2D eigenvalue weighted by molar-refractivity contribution is -0.461. The highest BCUT2D eigenvalue weighted by molar-refractivity contribution is 6.76. The summed E-state index contributed by atoms with van der Waals surface area (Å²) in [7, 11) is -2.59. The van der Waals surface area contributed by atoms with Gasteiger partial charge in [-0.25, -0.2) is 0 Å². The number of aliphatic hydroxyl groups is 1. The van der Waals surface area contributed by atoms with E-state index in [4.69, 9.17) is 13.9 Å². The van der Waals surface area contributed by atoms with Crippen molar-refractivity contribution in [2.24, 2.45) is 0 Å². The number of hydrogen-bond acceptors (Lipinski definition) is 4. The Morgan fingerprint density at radius 3 is 1.45 bits per heavy atom. The second-order valence-electron chi connectivity index (χ2n) is 12.1. The van der Waals surface area contributed by atoms with Crippen LogP contribution in [0.5, 0.6) is 5.75 Å². The van der Waals surface area contributed by atoms with Gasteiger partial charge in [0.15, 0.2) is 8.32 Å². The fraction of sp³-hybridized carbons (Fsp3) is 0.724. The Balaban J connectivity index is 3.29. The lowest BCUT2D eigenvalue weighted by Gasteiger charge is -2.44. The van der Waals surface area contributed by atoms with Crippen molar-refractivity contribution in [2.45, 2.75) is 111 Å². The summed E-state index contributed by atoms with van der Waals surface area (Å²) in [5.41, 5.74) is -1.29. The van der Waals surface area contributed by atoms with E-state index >= 15 is 0 Å². The van der Waals surface area contributed by atoms with Gasteiger partial charge < -0.3 is 19.0 Å². The topological polar surface area (TPSA) is 47.9 Å². The van der Waals surface area contributed by atoms with Gasteiger partial charge >= 0.3 is 47.6 Å². The molecule has 1 rings (SSSR count). The standard InChI is InChI=1S/C29H35F17O4Si/c1-7-20(48-6)21(47)18-8-10-19(11-9-18)49-13-14-50-51(16(2)3,17(4)5)15-12-22(30,31)23(32,33)24(34,35)25(36,37)26(38,39)27(40,41)28(42,43)29(44,45)46/h7-11,16-17,20-21,47H,1,12-15H2,2-6H3/t20-,21-/m0/s1. The molecule has 0 amide bonds. The van der Waals surface area contributed by atoms with Crippen LogP contribution in [0.1, 0.15) is 45.8 Å². The quantitative estimate of drug-likeness (QED) is 0.0618. The van der Waals surface area contributed by atoms with E-state index in [1.54, 1.807) is 0 Å². The zero-order valence-corrected chi connectivity index (χ0v) is 28.3. The third-order valence-corrected chi connectivity index (χ3v) is 14.0. The summed E-state index contributed by atoms with van der Waals surface area (Å²) in [5, 5.41) is 10.3. The van der Waals surface area contributed by atoms with Crippen molar-refractivity contribution in [3.8, 4) is 5.75 Å². The van der Waals surface area contributed by atoms with Crippen LogP contribution < -0.4 is 4.74 Å². The van der Waals surface area contributed by atoms with Crippen LogP contribution in [0.25, 0.3) is 0 Å². The Bertz CT molecular complexity index is 1280. The van der Waals surface area contributed by atoms with Gasteiger partial charge in [-0.2, -0.15) is 74.6 Å². The maximum Gasteiger partial charge on any atom is 0.460 e. The van der Waals surface area contributed by atoms with Crippen LogP contribution in [0.4, 0.5) is 74.6 Å². The third kappa shape index (κ3) is 8.27. The largest absolute Gasteiger partial charge is 0.491 e. The van der Waals surface area contributed by atoms with E-state index in [9.17, 15) is 79.7 Å². The first-order valence-electron chi connectivity index (χ1n) is 14.6. The molecule has 0 heterocycles. The molecule has 0 aliphatic carbocycles. The van der Waals surface area contributed by atoms with Crippen molar-refractivity contribution in [3.63, 3.8) is 0 Å². The highest BCUT2D eigenvalue weighted by Crippen LogP contribution is 2.64. The second-order valence-corrected chi connectivity index (χ2v) is 17.1. The molecule has 51 heavy (non-hydrogen) atoms. The smallest absolute Gasteiger partial charge is 0.460 e. The van der Waals surface area contributed by atoms with Crippen LogP contribution in [0, 0.1) is 0 Å². The van der Waals surface area contributed by atoms with Crippen LogP contribution in [-0.4, -0.2) is 87.5 Å². The molecule has 0 spiro atoms. The Kier molecular flexibility index (Phi) is 14.2. The van der Waals surface area contributed by atoms with Gasteiger partial charge in [-0.05, 0) is 34.8 Å². The first kappa shape index (κ1) is 46.7. The summed E-state index contributed by atoms with van der Waals surface area (Å²) >= 11 is 0. The van der Waals surface area contributed by atoms with Crippen LogP contribution in [0.2, 0.25) is 17.1 Å². The maximum atomic E-state index is 14.8. The molecule has 0 fully saturated rings. The molecule has 1 aromatic carbocycles. The molecule has 0 saturated carbocycles. The summed E-state index contributed by atoms with van der Waals surface area (Å²) in [5.74, 6) is -56.4. The van der Waals surface area contributed by atoms with Crippen molar-refractivity contribution in [2.75, 3.05) is 20.3 Å². The molecule has 4 nitrogen and oxygen atoms in total. The molecule has 1 N–H and O–H groups in total. The van der Waals surface area contributed by atoms with Gasteiger partial charge in [0.2, 0.25) is 0 Å². The number of rotatable bonds is 20. The molecule has 0 saturated heterocycles. The van der Waals surface area contributed by atoms with E-state index in [1.807, 2.05) is 0 Å². The summed E-state index contributed by atoms with van der Waals surface area (Å²) < 4.78 is 249. The van der Waals surface area contributed by atoms with Crippen molar-refractivity contribution >= 4 is 8.32 Å². The molecule has 0 aliphatic heterocycles. The predicted octanol–water partition coefficient (Wildman–Crippen LogP) is 10.5. The average molecular weight is 799 g/mol. The van der Waals surface area contributed by atoms with E-state index in [0.29, 0.717) is 5.56 Å². The van der Waals surface area contributed by atoms with Gasteiger partial charge in [0, 0.05) is 13.5 Å². The molecule has 298 valence electrons. The molecule has 0 aliphatic rings. The maximum absolute atomic E-state index is 14.8. The lowest BCUT2D eigenvalue weighted by atomic mass is 9.88. The monoisotopic (exact) mass is 798 g/mol. The highest BCUT2D eigenvalue weighted by Gasteiger charge is 2.95. The number of aliphatic hydroxyl groups excluding tert-OH is 1. The van der Waals surface area contributed by atoms with Gasteiger partial charge in [0.25, 0.3) is 0 Å². The number of methoxy groups -OCH3 is 1. The Morgan fingerprint density at radius 2 is 1.08 bits per heavy atom. The van der Waals surface area contributed by atoms with E-state index in [-0.39, 0.29) is 12.4 Å². The zero-order valence-electron chi connectivity index (χ0n) is 27.3. The number of halogens is 17. The lowest BCUT2D eigenvalue weighted by Crippen LogP contribution is -2.74. The average Bonchev–Trinajstić information content (AvgIpc) is 3.00. The van der Waals surface area contributed by atoms with Crippen molar-refractivity contribution in [1.29, 1.82) is 0 Å². The van der Waals surface area contributed by atoms with Crippen LogP contribution >= 0.6 is 0 Å². The van der Waals surface area contributed by atoms with Gasteiger partial charge in [0.1, 0.15) is 24.6 Å². The first-order chi connectivity index (χ1) is 22.7. The fourth-order valence-electron chi connectivity index (χ4n) is 5.05. The van der Waals surface area contributed by atoms with Crippen molar-refractivity contribution < 1.29 is 93.6 Å². The second kappa shape index (κ2) is 15.6. The van der Waals surface area contributed by atoms with Gasteiger partial charge in [-0.3, -0.25) is 0 Å². The van der Waals surface area contributed by atoms with Crippen LogP contribution in [-0.2, 0) is 9.16 Å². The number of ether oxygens (including phenoxy) is 2. The third-order valence-electron chi connectivity index (χ3n) is 8.33. The summed E-state index contributed by atoms with van der Waals surface area (Å²) in [6, 6.07) is 4.39. The number of alkyl halides is 17. The summed E-state index contributed by atoms with van der Waals surface area (Å²) in [6.45, 7) is 8.00. The zero-order chi connectivity index (χ0) is 40.4. The van der Waals surface area contributed by atoms with Crippen molar-refractivity contribution in [1.82, 2.24) is 0 Å². The molecule has 0 unspecified atom stereocenters. The molecular weight excluding hydrogens is 763 g/mol. The van der Waals surface area contributed by atoms with E-state index in [1.165, 1.54) is 65.1 Å². The Hall–Kier alpha value is -2.33. The molecule has 0 bridgehead atoms.